The number of nitrogens with one attached hydrogen (secondary N) is 2. The third-order valence-electron chi connectivity index (χ3n) is 20.7. The Labute approximate surface area is 625 Å². The number of allylic oxidation sites excluding steroid dienone is 1. The lowest BCUT2D eigenvalue weighted by atomic mass is 10.1. The fraction of sp³-hybridized carbons (Fsp3) is 0.511. The molecule has 0 unspecified atom stereocenters. The molecule has 6 aromatic rings. The van der Waals surface area contributed by atoms with E-state index in [1.807, 2.05) is 0 Å². The third-order valence-corrected chi connectivity index (χ3v) is 29.7. The number of hydrogen-bond acceptors (Lipinski definition) is 9. The largest absolute Gasteiger partial charge is 0.356 e. The summed E-state index contributed by atoms with van der Waals surface area (Å²) in [4.78, 5) is 63.6. The van der Waals surface area contributed by atoms with Crippen LogP contribution in [0.1, 0.15) is 237 Å². The van der Waals surface area contributed by atoms with Crippen LogP contribution in [-0.4, -0.2) is 123 Å². The van der Waals surface area contributed by atoms with E-state index in [4.69, 9.17) is 0 Å². The lowest BCUT2D eigenvalue weighted by Crippen LogP contribution is -2.33. The zero-order valence-corrected chi connectivity index (χ0v) is 64.7. The van der Waals surface area contributed by atoms with E-state index in [-0.39, 0.29) is 57.1 Å². The van der Waals surface area contributed by atoms with E-state index in [2.05, 4.69) is 191 Å². The molecule has 0 heterocycles. The highest BCUT2D eigenvalue weighted by Gasteiger charge is 2.46. The van der Waals surface area contributed by atoms with Crippen LogP contribution in [0.4, 0.5) is 0 Å². The normalized spacial score (nSPS) is 12.4. The van der Waals surface area contributed by atoms with E-state index in [1.54, 1.807) is 6.08 Å². The van der Waals surface area contributed by atoms with Crippen LogP contribution >= 0.6 is 14.5 Å². The van der Waals surface area contributed by atoms with Gasteiger partial charge in [0.2, 0.25) is 29.5 Å². The molecule has 5 N–H and O–H groups in total. The number of unbranched alkanes of at least 4 members (excludes halogenated alkanes) is 23. The lowest BCUT2D eigenvalue weighted by Gasteiger charge is -2.28. The van der Waals surface area contributed by atoms with Crippen LogP contribution in [0, 0.1) is 0 Å². The van der Waals surface area contributed by atoms with Crippen molar-refractivity contribution in [1.82, 2.24) is 30.7 Å². The minimum atomic E-state index is -1.80. The molecule has 7 rings (SSSR count). The Morgan fingerprint density at radius 3 is 1.07 bits per heavy atom. The number of amides is 5. The molecule has 0 saturated heterocycles. The van der Waals surface area contributed by atoms with Crippen molar-refractivity contribution in [3.63, 3.8) is 0 Å². The van der Waals surface area contributed by atoms with Gasteiger partial charge in [0.1, 0.15) is 46.4 Å². The van der Waals surface area contributed by atoms with E-state index in [0.29, 0.717) is 55.2 Å². The van der Waals surface area contributed by atoms with Crippen LogP contribution in [0.3, 0.4) is 0 Å². The number of nitrogens with zero attached hydrogens (tertiary/aromatic N) is 4. The summed E-state index contributed by atoms with van der Waals surface area (Å²) in [6, 6.07) is 66.5. The fourth-order valence-electron chi connectivity index (χ4n) is 14.5. The first kappa shape index (κ1) is 84.4. The molecule has 1 saturated carbocycles. The van der Waals surface area contributed by atoms with E-state index < -0.39 is 32.2 Å². The van der Waals surface area contributed by atoms with Crippen LogP contribution < -0.4 is 42.5 Å². The molecule has 564 valence electrons. The van der Waals surface area contributed by atoms with Crippen LogP contribution in [0.2, 0.25) is 0 Å². The summed E-state index contributed by atoms with van der Waals surface area (Å²) in [6.07, 6.45) is 38.9. The maximum Gasteiger partial charge on any atom is 0.246 e. The van der Waals surface area contributed by atoms with Gasteiger partial charge in [-0.1, -0.05) is 206 Å². The van der Waals surface area contributed by atoms with Crippen molar-refractivity contribution in [2.24, 2.45) is 0 Å². The lowest BCUT2D eigenvalue weighted by molar-refractivity contribution is -0.166. The van der Waals surface area contributed by atoms with Gasteiger partial charge in [-0.15, -0.1) is 0 Å². The Bertz CT molecular complexity index is 3210. The molecule has 0 atom stereocenters. The molecule has 14 nitrogen and oxygen atoms in total. The molecule has 5 amide bonds. The van der Waals surface area contributed by atoms with Crippen LogP contribution in [0.15, 0.2) is 188 Å². The molecule has 0 radical (unpaired) electrons. The first-order chi connectivity index (χ1) is 50.9. The van der Waals surface area contributed by atoms with Gasteiger partial charge in [-0.05, 0) is 206 Å². The maximum absolute atomic E-state index is 12.8. The predicted molar refractivity (Wildman–Crippen MR) is 433 cm³/mol. The standard InChI is InChI=1S/C88H124N6O8P2/c1-76(95)92(100)71-41-23-36-66-89-85(96)62-64-87(98)93(101)72-42-24-37-67-90-86(97)63-65-88(99)94(102)73-43-25-40-70-91(68-38-14-10-6-2-4-8-12-16-44-74-103(79-46-26-18-27-47-79,80-48-28-19-29-49-80)81-50-30-20-31-51-81)69-39-15-11-7-3-5-9-13-17-45-75-104(82-52-32-21-33-53-82,83-54-34-22-35-55-83)84-60-58-78(59-61-84)77-56-57-77/h18-22,26-35,37,46-55,58-61,67,77,100-102H,2-17,23-25,36,38-45,56-57,62-66,68-75H2,1H3/p+2. The first-order valence-corrected chi connectivity index (χ1v) is 43.9. The number of carbonyl (C=O) groups excluding carboxylic acids is 5. The molecular weight excluding hydrogens is 1330 g/mol. The Balaban J connectivity index is 0.761. The Morgan fingerprint density at radius 1 is 0.365 bits per heavy atom. The molecule has 0 bridgehead atoms. The second-order valence-corrected chi connectivity index (χ2v) is 36.0. The number of benzene rings is 6. The van der Waals surface area contributed by atoms with Gasteiger partial charge in [-0.2, -0.15) is 0 Å². The Kier molecular flexibility index (Phi) is 40.4. The summed E-state index contributed by atoms with van der Waals surface area (Å²) in [5.41, 5.74) is 1.51. The van der Waals surface area contributed by atoms with Gasteiger partial charge in [-0.3, -0.25) is 39.6 Å². The van der Waals surface area contributed by atoms with Gasteiger partial charge < -0.3 is 15.5 Å². The highest BCUT2D eigenvalue weighted by molar-refractivity contribution is 7.96. The highest BCUT2D eigenvalue weighted by atomic mass is 31.2. The molecule has 1 fully saturated rings. The second kappa shape index (κ2) is 49.8. The molecule has 0 spiro atoms. The molecule has 1 aliphatic rings. The Hall–Kier alpha value is -6.89. The SMILES string of the molecule is CC(=O)N(O)CCCCCNC(=O)CCC(=O)N(O)CCCC=CNC(=O)CCC(=O)N(O)CCCCCN(CCCCCCCCCCCC[P+](c1ccccc1)(c1ccccc1)c1ccccc1)CCCCCCCCCCCC[P+](c1ccccc1)(c1ccccc1)c1ccc(C2CC2)cc1. The smallest absolute Gasteiger partial charge is 0.246 e. The quantitative estimate of drug-likeness (QED) is 0.0107. The number of carbonyl (C=O) groups is 5. The van der Waals surface area contributed by atoms with Crippen LogP contribution in [0.5, 0.6) is 0 Å². The summed E-state index contributed by atoms with van der Waals surface area (Å²) < 4.78 is 0. The van der Waals surface area contributed by atoms with Crippen LogP contribution in [0.25, 0.3) is 0 Å². The summed E-state index contributed by atoms with van der Waals surface area (Å²) in [5.74, 6) is -1.37. The molecule has 104 heavy (non-hydrogen) atoms. The molecule has 0 aromatic heterocycles. The molecular formula is C88H126N6O8P2+2. The average molecular weight is 1460 g/mol. The van der Waals surface area contributed by atoms with E-state index in [1.165, 1.54) is 204 Å². The molecule has 6 aromatic carbocycles. The predicted octanol–water partition coefficient (Wildman–Crippen LogP) is 17.1. The topological polar surface area (TPSA) is 183 Å². The monoisotopic (exact) mass is 1460 g/mol. The van der Waals surface area contributed by atoms with Crippen molar-refractivity contribution in [1.29, 1.82) is 0 Å². The van der Waals surface area contributed by atoms with Crippen molar-refractivity contribution in [2.45, 2.75) is 231 Å². The number of hydrogen-bond donors (Lipinski definition) is 5. The van der Waals surface area contributed by atoms with E-state index in [0.717, 1.165) is 43.5 Å². The number of rotatable bonds is 56. The average Bonchev–Trinajstić information content (AvgIpc) is 0.916. The van der Waals surface area contributed by atoms with Gasteiger partial charge in [0, 0.05) is 58.8 Å². The summed E-state index contributed by atoms with van der Waals surface area (Å²) in [7, 11) is -3.57. The molecule has 16 heteroatoms. The van der Waals surface area contributed by atoms with Gasteiger partial charge in [-0.25, -0.2) is 15.2 Å². The van der Waals surface area contributed by atoms with Crippen molar-refractivity contribution in [3.8, 4) is 0 Å². The second-order valence-electron chi connectivity index (χ2n) is 28.8. The van der Waals surface area contributed by atoms with Gasteiger partial charge >= 0.3 is 0 Å². The summed E-state index contributed by atoms with van der Waals surface area (Å²) in [5, 5.41) is 46.5. The molecule has 1 aliphatic carbocycles. The minimum Gasteiger partial charge on any atom is -0.356 e. The van der Waals surface area contributed by atoms with Crippen LogP contribution in [-0.2, 0) is 24.0 Å². The van der Waals surface area contributed by atoms with Gasteiger partial charge in [0.15, 0.2) is 0 Å². The minimum absolute atomic E-state index is 0.0564. The summed E-state index contributed by atoms with van der Waals surface area (Å²) >= 11 is 0. The third kappa shape index (κ3) is 30.5. The fourth-order valence-corrected chi connectivity index (χ4v) is 23.3. The van der Waals surface area contributed by atoms with Gasteiger partial charge in [0.25, 0.3) is 0 Å². The Morgan fingerprint density at radius 2 is 0.683 bits per heavy atom. The van der Waals surface area contributed by atoms with E-state index in [9.17, 15) is 39.6 Å². The van der Waals surface area contributed by atoms with Crippen molar-refractivity contribution < 1.29 is 39.6 Å². The van der Waals surface area contributed by atoms with E-state index >= 15 is 0 Å². The maximum atomic E-state index is 12.8. The van der Waals surface area contributed by atoms with Gasteiger partial charge in [0.05, 0.1) is 12.3 Å². The number of hydroxylamine groups is 6. The first-order valence-electron chi connectivity index (χ1n) is 39.9. The zero-order valence-electron chi connectivity index (χ0n) is 62.9. The molecule has 0 aliphatic heterocycles. The highest BCUT2D eigenvalue weighted by Crippen LogP contribution is 2.57. The summed E-state index contributed by atoms with van der Waals surface area (Å²) in [6.45, 7) is 5.44. The zero-order chi connectivity index (χ0) is 73.6. The van der Waals surface area contributed by atoms with Crippen molar-refractivity contribution >= 4 is 75.9 Å². The van der Waals surface area contributed by atoms with Crippen molar-refractivity contribution in [2.75, 3.05) is 58.1 Å². The van der Waals surface area contributed by atoms with Crippen molar-refractivity contribution in [3.05, 3.63) is 194 Å².